The van der Waals surface area contributed by atoms with Gasteiger partial charge in [-0.2, -0.15) is 0 Å². The van der Waals surface area contributed by atoms with Crippen LogP contribution in [0, 0.1) is 0 Å². The van der Waals surface area contributed by atoms with Crippen LogP contribution in [0.1, 0.15) is 6.42 Å². The number of methoxy groups -OCH3 is 2. The fraction of sp³-hybridized carbons (Fsp3) is 0.900. The highest BCUT2D eigenvalue weighted by Crippen LogP contribution is 2.16. The number of carboxylic acids is 1. The van der Waals surface area contributed by atoms with Crippen LogP contribution in [0.2, 0.25) is 0 Å². The molecule has 2 N–H and O–H groups in total. The molecule has 1 aliphatic heterocycles. The van der Waals surface area contributed by atoms with Gasteiger partial charge >= 0.3 is 5.97 Å². The van der Waals surface area contributed by atoms with Gasteiger partial charge < -0.3 is 19.7 Å². The molecule has 94 valence electrons. The highest BCUT2D eigenvalue weighted by Gasteiger charge is 2.33. The Balaban J connectivity index is 2.37. The van der Waals surface area contributed by atoms with Crippen molar-refractivity contribution in [1.82, 2.24) is 4.90 Å². The van der Waals surface area contributed by atoms with E-state index in [9.17, 15) is 9.90 Å². The molecule has 0 radical (unpaired) electrons. The number of aliphatic carboxylic acids is 1. The molecule has 1 fully saturated rings. The number of hydrogen-bond donors (Lipinski definition) is 2. The molecule has 0 aromatic carbocycles. The molecule has 0 amide bonds. The Morgan fingerprint density at radius 3 is 2.25 bits per heavy atom. The number of carbonyl (C=O) groups is 1. The Bertz CT molecular complexity index is 223. The van der Waals surface area contributed by atoms with E-state index in [-0.39, 0.29) is 18.6 Å². The number of rotatable bonds is 6. The van der Waals surface area contributed by atoms with E-state index in [0.29, 0.717) is 19.6 Å². The predicted octanol–water partition coefficient (Wildman–Crippen LogP) is -0.832. The van der Waals surface area contributed by atoms with E-state index in [0.717, 1.165) is 0 Å². The first-order chi connectivity index (χ1) is 7.56. The van der Waals surface area contributed by atoms with Crippen LogP contribution in [0.5, 0.6) is 0 Å². The number of aliphatic hydroxyl groups is 1. The van der Waals surface area contributed by atoms with Gasteiger partial charge in [-0.1, -0.05) is 0 Å². The molecule has 0 aromatic rings. The lowest BCUT2D eigenvalue weighted by molar-refractivity contribution is -0.139. The van der Waals surface area contributed by atoms with E-state index < -0.39 is 12.1 Å². The van der Waals surface area contributed by atoms with Gasteiger partial charge in [-0.15, -0.1) is 0 Å². The van der Waals surface area contributed by atoms with Crippen LogP contribution in [0.3, 0.4) is 0 Å². The SMILES string of the molecule is COC1CN(CC(O)CC(=O)O)CC1OC. The molecule has 1 rings (SSSR count). The van der Waals surface area contributed by atoms with Crippen LogP contribution >= 0.6 is 0 Å². The maximum absolute atomic E-state index is 10.4. The third kappa shape index (κ3) is 3.71. The number of likely N-dealkylation sites (tertiary alicyclic amines) is 1. The first kappa shape index (κ1) is 13.4. The zero-order valence-electron chi connectivity index (χ0n) is 9.63. The molecule has 0 spiro atoms. The molecule has 0 aliphatic carbocycles. The molecule has 6 nitrogen and oxygen atoms in total. The average molecular weight is 233 g/mol. The number of carboxylic acid groups (broad SMARTS) is 1. The summed E-state index contributed by atoms with van der Waals surface area (Å²) in [5.74, 6) is -0.988. The Morgan fingerprint density at radius 1 is 1.38 bits per heavy atom. The minimum atomic E-state index is -0.988. The third-order valence-electron chi connectivity index (χ3n) is 2.78. The van der Waals surface area contributed by atoms with Gasteiger partial charge in [0.1, 0.15) is 0 Å². The standard InChI is InChI=1S/C10H19NO5/c1-15-8-5-11(6-9(8)16-2)4-7(12)3-10(13)14/h7-9,12H,3-6H2,1-2H3,(H,13,14). The van der Waals surface area contributed by atoms with Crippen LogP contribution < -0.4 is 0 Å². The van der Waals surface area contributed by atoms with Gasteiger partial charge in [-0.3, -0.25) is 9.69 Å². The topological polar surface area (TPSA) is 79.2 Å². The zero-order chi connectivity index (χ0) is 12.1. The molecule has 6 heteroatoms. The summed E-state index contributed by atoms with van der Waals surface area (Å²) in [5.41, 5.74) is 0. The van der Waals surface area contributed by atoms with Crippen molar-refractivity contribution in [2.45, 2.75) is 24.7 Å². The lowest BCUT2D eigenvalue weighted by atomic mass is 10.2. The molecule has 1 aliphatic rings. The highest BCUT2D eigenvalue weighted by atomic mass is 16.5. The van der Waals surface area contributed by atoms with Crippen LogP contribution in [-0.4, -0.2) is 73.2 Å². The van der Waals surface area contributed by atoms with Crippen molar-refractivity contribution in [3.05, 3.63) is 0 Å². The first-order valence-electron chi connectivity index (χ1n) is 5.24. The van der Waals surface area contributed by atoms with Crippen LogP contribution in [-0.2, 0) is 14.3 Å². The van der Waals surface area contributed by atoms with Gasteiger partial charge in [0.25, 0.3) is 0 Å². The second-order valence-corrected chi connectivity index (χ2v) is 4.02. The highest BCUT2D eigenvalue weighted by molar-refractivity contribution is 5.67. The lowest BCUT2D eigenvalue weighted by Gasteiger charge is -2.18. The number of aliphatic hydroxyl groups excluding tert-OH is 1. The molecule has 0 aromatic heterocycles. The number of ether oxygens (including phenoxy) is 2. The summed E-state index contributed by atoms with van der Waals surface area (Å²) in [7, 11) is 3.24. The number of β-amino-alcohol motifs (C(OH)–C–C–N with tert-alkyl or cyclic N) is 1. The fourth-order valence-corrected chi connectivity index (χ4v) is 1.98. The van der Waals surface area contributed by atoms with Gasteiger partial charge in [0.2, 0.25) is 0 Å². The summed E-state index contributed by atoms with van der Waals surface area (Å²) in [5, 5.41) is 18.0. The Morgan fingerprint density at radius 2 is 1.88 bits per heavy atom. The fourth-order valence-electron chi connectivity index (χ4n) is 1.98. The van der Waals surface area contributed by atoms with Crippen LogP contribution in [0.15, 0.2) is 0 Å². The molecule has 0 bridgehead atoms. The van der Waals surface area contributed by atoms with Gasteiger partial charge in [0.15, 0.2) is 0 Å². The second kappa shape index (κ2) is 6.15. The molecular weight excluding hydrogens is 214 g/mol. The van der Waals surface area contributed by atoms with E-state index in [1.807, 2.05) is 4.90 Å². The number of nitrogens with zero attached hydrogens (tertiary/aromatic N) is 1. The minimum absolute atomic E-state index is 0.0120. The van der Waals surface area contributed by atoms with Gasteiger partial charge in [0.05, 0.1) is 24.7 Å². The van der Waals surface area contributed by atoms with Crippen molar-refractivity contribution >= 4 is 5.97 Å². The van der Waals surface area contributed by atoms with Gasteiger partial charge in [0, 0.05) is 33.9 Å². The van der Waals surface area contributed by atoms with E-state index in [4.69, 9.17) is 14.6 Å². The molecule has 3 unspecified atom stereocenters. The molecular formula is C10H19NO5. The minimum Gasteiger partial charge on any atom is -0.481 e. The summed E-state index contributed by atoms with van der Waals surface area (Å²) in [4.78, 5) is 12.4. The Labute approximate surface area is 94.8 Å². The quantitative estimate of drug-likeness (QED) is 0.623. The first-order valence-corrected chi connectivity index (χ1v) is 5.24. The molecule has 1 heterocycles. The summed E-state index contributed by atoms with van der Waals surface area (Å²) >= 11 is 0. The van der Waals surface area contributed by atoms with Crippen LogP contribution in [0.25, 0.3) is 0 Å². The maximum atomic E-state index is 10.4. The van der Waals surface area contributed by atoms with E-state index >= 15 is 0 Å². The van der Waals surface area contributed by atoms with Crippen molar-refractivity contribution in [2.75, 3.05) is 33.9 Å². The molecule has 3 atom stereocenters. The van der Waals surface area contributed by atoms with Crippen molar-refractivity contribution in [1.29, 1.82) is 0 Å². The van der Waals surface area contributed by atoms with E-state index in [1.54, 1.807) is 14.2 Å². The normalized spacial score (nSPS) is 28.2. The maximum Gasteiger partial charge on any atom is 0.306 e. The van der Waals surface area contributed by atoms with Crippen molar-refractivity contribution in [3.63, 3.8) is 0 Å². The summed E-state index contributed by atoms with van der Waals surface area (Å²) in [6, 6.07) is 0. The van der Waals surface area contributed by atoms with E-state index in [1.165, 1.54) is 0 Å². The molecule has 1 saturated heterocycles. The smallest absolute Gasteiger partial charge is 0.306 e. The van der Waals surface area contributed by atoms with Gasteiger partial charge in [-0.05, 0) is 0 Å². The largest absolute Gasteiger partial charge is 0.481 e. The van der Waals surface area contributed by atoms with Crippen LogP contribution in [0.4, 0.5) is 0 Å². The average Bonchev–Trinajstić information content (AvgIpc) is 2.58. The van der Waals surface area contributed by atoms with Crippen molar-refractivity contribution in [3.8, 4) is 0 Å². The summed E-state index contributed by atoms with van der Waals surface area (Å²) in [6.45, 7) is 1.66. The summed E-state index contributed by atoms with van der Waals surface area (Å²) in [6.07, 6.45) is -1.10. The van der Waals surface area contributed by atoms with E-state index in [2.05, 4.69) is 0 Å². The third-order valence-corrected chi connectivity index (χ3v) is 2.78. The van der Waals surface area contributed by atoms with Crippen molar-refractivity contribution in [2.24, 2.45) is 0 Å². The summed E-state index contributed by atoms with van der Waals surface area (Å²) < 4.78 is 10.5. The Kier molecular flexibility index (Phi) is 5.14. The molecule has 16 heavy (non-hydrogen) atoms. The zero-order valence-corrected chi connectivity index (χ0v) is 9.63. The number of hydrogen-bond acceptors (Lipinski definition) is 5. The van der Waals surface area contributed by atoms with Gasteiger partial charge in [-0.25, -0.2) is 0 Å². The molecule has 0 saturated carbocycles. The second-order valence-electron chi connectivity index (χ2n) is 4.02. The Hall–Kier alpha value is -0.690. The monoisotopic (exact) mass is 233 g/mol. The lowest BCUT2D eigenvalue weighted by Crippen LogP contribution is -2.33. The van der Waals surface area contributed by atoms with Crippen molar-refractivity contribution < 1.29 is 24.5 Å². The predicted molar refractivity (Wildman–Crippen MR) is 56.3 cm³/mol.